The quantitative estimate of drug-likeness (QED) is 0.751. The van der Waals surface area contributed by atoms with E-state index in [0.717, 1.165) is 0 Å². The van der Waals surface area contributed by atoms with Gasteiger partial charge in [-0.3, -0.25) is 4.79 Å². The molecule has 0 aromatic carbocycles. The predicted octanol–water partition coefficient (Wildman–Crippen LogP) is 2.12. The van der Waals surface area contributed by atoms with Gasteiger partial charge in [-0.05, 0) is 12.3 Å². The largest absolute Gasteiger partial charge is 0.479 e. The molecule has 5 heteroatoms. The van der Waals surface area contributed by atoms with Gasteiger partial charge in [0.15, 0.2) is 5.69 Å². The molecule has 0 aliphatic rings. The van der Waals surface area contributed by atoms with Crippen LogP contribution in [0.15, 0.2) is 12.4 Å². The normalized spacial score (nSPS) is 13.2. The van der Waals surface area contributed by atoms with Crippen molar-refractivity contribution in [1.29, 1.82) is 0 Å². The molecule has 0 spiro atoms. The zero-order chi connectivity index (χ0) is 13.8. The molecule has 1 atom stereocenters. The van der Waals surface area contributed by atoms with Gasteiger partial charge in [0.2, 0.25) is 11.7 Å². The minimum Gasteiger partial charge on any atom is -0.479 e. The number of ketones is 1. The summed E-state index contributed by atoms with van der Waals surface area (Å²) in [5.41, 5.74) is -0.0938. The van der Waals surface area contributed by atoms with Crippen molar-refractivity contribution in [1.82, 2.24) is 9.97 Å². The molecule has 1 aromatic rings. The number of ether oxygens (including phenoxy) is 2. The molecule has 0 N–H and O–H groups in total. The van der Waals surface area contributed by atoms with Crippen LogP contribution in [0.2, 0.25) is 0 Å². The number of methoxy groups -OCH3 is 1. The molecule has 0 amide bonds. The van der Waals surface area contributed by atoms with Gasteiger partial charge in [-0.15, -0.1) is 0 Å². The van der Waals surface area contributed by atoms with Crippen molar-refractivity contribution in [2.24, 2.45) is 5.41 Å². The molecule has 0 aliphatic heterocycles. The molecule has 1 rings (SSSR count). The van der Waals surface area contributed by atoms with Crippen LogP contribution in [0.1, 0.15) is 38.2 Å². The first-order valence-corrected chi connectivity index (χ1v) is 5.92. The van der Waals surface area contributed by atoms with Gasteiger partial charge >= 0.3 is 0 Å². The van der Waals surface area contributed by atoms with Gasteiger partial charge < -0.3 is 9.47 Å². The van der Waals surface area contributed by atoms with Crippen LogP contribution < -0.4 is 4.74 Å². The molecule has 0 aliphatic carbocycles. The first-order valence-electron chi connectivity index (χ1n) is 5.92. The molecule has 1 heterocycles. The molecule has 0 saturated carbocycles. The van der Waals surface area contributed by atoms with Gasteiger partial charge in [0, 0.05) is 19.0 Å². The van der Waals surface area contributed by atoms with E-state index < -0.39 is 6.10 Å². The summed E-state index contributed by atoms with van der Waals surface area (Å²) in [5.74, 6) is 0.0331. The Hall–Kier alpha value is -1.49. The number of hydrogen-bond donors (Lipinski definition) is 0. The lowest BCUT2D eigenvalue weighted by atomic mass is 9.85. The summed E-state index contributed by atoms with van der Waals surface area (Å²) in [7, 11) is 1.47. The maximum atomic E-state index is 12.5. The lowest BCUT2D eigenvalue weighted by molar-refractivity contribution is -0.000798. The second-order valence-electron chi connectivity index (χ2n) is 4.98. The summed E-state index contributed by atoms with van der Waals surface area (Å²) in [5, 5.41) is 0. The van der Waals surface area contributed by atoms with Gasteiger partial charge in [-0.2, -0.15) is 0 Å². The summed E-state index contributed by atoms with van der Waals surface area (Å²) in [4.78, 5) is 20.5. The van der Waals surface area contributed by atoms with Crippen molar-refractivity contribution < 1.29 is 14.3 Å². The number of aromatic nitrogens is 2. The Labute approximate surface area is 108 Å². The molecule has 5 nitrogen and oxygen atoms in total. The number of carbonyl (C=O) groups excluding carboxylic acids is 1. The molecule has 0 radical (unpaired) electrons. The van der Waals surface area contributed by atoms with Crippen LogP contribution in [0.5, 0.6) is 5.88 Å². The summed E-state index contributed by atoms with van der Waals surface area (Å²) in [6.07, 6.45) is 2.40. The van der Waals surface area contributed by atoms with Gasteiger partial charge in [0.05, 0.1) is 7.11 Å². The molecular formula is C13H20N2O3. The van der Waals surface area contributed by atoms with Crippen molar-refractivity contribution in [3.8, 4) is 5.88 Å². The van der Waals surface area contributed by atoms with Gasteiger partial charge in [-0.25, -0.2) is 9.97 Å². The fraction of sp³-hybridized carbons (Fsp3) is 0.615. The van der Waals surface area contributed by atoms with Crippen molar-refractivity contribution >= 4 is 5.78 Å². The topological polar surface area (TPSA) is 61.3 Å². The van der Waals surface area contributed by atoms with E-state index in [4.69, 9.17) is 9.47 Å². The van der Waals surface area contributed by atoms with Crippen LogP contribution in [0, 0.1) is 5.41 Å². The minimum atomic E-state index is -0.562. The highest BCUT2D eigenvalue weighted by molar-refractivity contribution is 6.00. The van der Waals surface area contributed by atoms with Crippen LogP contribution in [0.4, 0.5) is 0 Å². The molecule has 18 heavy (non-hydrogen) atoms. The Morgan fingerprint density at radius 1 is 1.33 bits per heavy atom. The fourth-order valence-corrected chi connectivity index (χ4v) is 1.65. The van der Waals surface area contributed by atoms with E-state index in [0.29, 0.717) is 6.61 Å². The minimum absolute atomic E-state index is 0.200. The van der Waals surface area contributed by atoms with Crippen LogP contribution in [0.3, 0.4) is 0 Å². The van der Waals surface area contributed by atoms with Gasteiger partial charge in [0.1, 0.15) is 6.10 Å². The molecule has 0 bridgehead atoms. The highest BCUT2D eigenvalue weighted by Gasteiger charge is 2.35. The van der Waals surface area contributed by atoms with Crippen LogP contribution in [-0.4, -0.2) is 35.6 Å². The molecule has 0 saturated heterocycles. The van der Waals surface area contributed by atoms with E-state index in [1.54, 1.807) is 0 Å². The van der Waals surface area contributed by atoms with Crippen molar-refractivity contribution in [3.05, 3.63) is 18.1 Å². The third kappa shape index (κ3) is 3.26. The highest BCUT2D eigenvalue weighted by atomic mass is 16.5. The highest BCUT2D eigenvalue weighted by Crippen LogP contribution is 2.27. The summed E-state index contributed by atoms with van der Waals surface area (Å²) in [6, 6.07) is 0. The zero-order valence-corrected chi connectivity index (χ0v) is 11.6. The molecule has 1 unspecified atom stereocenters. The van der Waals surface area contributed by atoms with E-state index in [1.165, 1.54) is 19.5 Å². The Morgan fingerprint density at radius 3 is 2.44 bits per heavy atom. The molecule has 0 fully saturated rings. The Balaban J connectivity index is 3.10. The van der Waals surface area contributed by atoms with E-state index in [-0.39, 0.29) is 22.8 Å². The van der Waals surface area contributed by atoms with E-state index >= 15 is 0 Å². The lowest BCUT2D eigenvalue weighted by Crippen LogP contribution is -2.37. The van der Waals surface area contributed by atoms with Crippen LogP contribution in [0.25, 0.3) is 0 Å². The predicted molar refractivity (Wildman–Crippen MR) is 67.8 cm³/mol. The van der Waals surface area contributed by atoms with E-state index in [1.807, 2.05) is 27.7 Å². The summed E-state index contributed by atoms with van der Waals surface area (Å²) >= 11 is 0. The third-order valence-corrected chi connectivity index (χ3v) is 2.45. The van der Waals surface area contributed by atoms with Crippen molar-refractivity contribution in [3.63, 3.8) is 0 Å². The van der Waals surface area contributed by atoms with Gasteiger partial charge in [0.25, 0.3) is 0 Å². The molecule has 100 valence electrons. The first kappa shape index (κ1) is 14.6. The number of rotatable bonds is 5. The Morgan fingerprint density at radius 2 is 1.94 bits per heavy atom. The second kappa shape index (κ2) is 5.91. The number of carbonyl (C=O) groups is 1. The average Bonchev–Trinajstić information content (AvgIpc) is 2.33. The smallest absolute Gasteiger partial charge is 0.243 e. The number of nitrogens with zero attached hydrogens (tertiary/aromatic N) is 2. The monoisotopic (exact) mass is 252 g/mol. The van der Waals surface area contributed by atoms with Crippen LogP contribution in [-0.2, 0) is 4.74 Å². The van der Waals surface area contributed by atoms with E-state index in [2.05, 4.69) is 9.97 Å². The standard InChI is InChI=1S/C13H20N2O3/c1-6-18-11(13(2,3)4)10(16)9-12(17-5)15-8-7-14-9/h7-8,11H,6H2,1-5H3. The summed E-state index contributed by atoms with van der Waals surface area (Å²) in [6.45, 7) is 8.19. The third-order valence-electron chi connectivity index (χ3n) is 2.45. The second-order valence-corrected chi connectivity index (χ2v) is 4.98. The first-order chi connectivity index (χ1) is 8.41. The molecule has 1 aromatic heterocycles. The van der Waals surface area contributed by atoms with E-state index in [9.17, 15) is 4.79 Å². The Kier molecular flexibility index (Phi) is 4.78. The number of Topliss-reactive ketones (excluding diaryl/α,β-unsaturated/α-hetero) is 1. The van der Waals surface area contributed by atoms with Crippen molar-refractivity contribution in [2.75, 3.05) is 13.7 Å². The molecular weight excluding hydrogens is 232 g/mol. The van der Waals surface area contributed by atoms with Crippen LogP contribution >= 0.6 is 0 Å². The fourth-order valence-electron chi connectivity index (χ4n) is 1.65. The SMILES string of the molecule is CCOC(C(=O)c1nccnc1OC)C(C)(C)C. The maximum Gasteiger partial charge on any atom is 0.243 e. The zero-order valence-electron chi connectivity index (χ0n) is 11.6. The van der Waals surface area contributed by atoms with Crippen molar-refractivity contribution in [2.45, 2.75) is 33.8 Å². The average molecular weight is 252 g/mol. The Bertz CT molecular complexity index is 413. The van der Waals surface area contributed by atoms with Gasteiger partial charge in [-0.1, -0.05) is 20.8 Å². The maximum absolute atomic E-state index is 12.5. The number of hydrogen-bond acceptors (Lipinski definition) is 5. The lowest BCUT2D eigenvalue weighted by Gasteiger charge is -2.28. The summed E-state index contributed by atoms with van der Waals surface area (Å²) < 4.78 is 10.6.